The fraction of sp³-hybridized carbons (Fsp3) is 0.636. The summed E-state index contributed by atoms with van der Waals surface area (Å²) in [5, 5.41) is 3.59. The highest BCUT2D eigenvalue weighted by atomic mass is 35.5. The normalized spacial score (nSPS) is 20.9. The Morgan fingerprint density at radius 1 is 1.64 bits per heavy atom. The fourth-order valence-electron chi connectivity index (χ4n) is 2.05. The van der Waals surface area contributed by atoms with Crippen molar-refractivity contribution in [3.63, 3.8) is 0 Å². The van der Waals surface area contributed by atoms with Crippen molar-refractivity contribution in [2.45, 2.75) is 38.6 Å². The summed E-state index contributed by atoms with van der Waals surface area (Å²) in [4.78, 5) is 1.50. The molecule has 1 aliphatic rings. The van der Waals surface area contributed by atoms with Crippen LogP contribution in [-0.4, -0.2) is 6.54 Å². The van der Waals surface area contributed by atoms with Gasteiger partial charge in [-0.2, -0.15) is 0 Å². The van der Waals surface area contributed by atoms with Crippen LogP contribution < -0.4 is 5.32 Å². The van der Waals surface area contributed by atoms with Crippen molar-refractivity contribution in [1.82, 2.24) is 5.32 Å². The summed E-state index contributed by atoms with van der Waals surface area (Å²) in [6, 6.07) is 2.70. The molecule has 0 saturated carbocycles. The number of aryl methyl sites for hydroxylation is 1. The third-order valence-corrected chi connectivity index (χ3v) is 4.06. The Morgan fingerprint density at radius 2 is 2.50 bits per heavy atom. The van der Waals surface area contributed by atoms with Gasteiger partial charge < -0.3 is 5.32 Å². The van der Waals surface area contributed by atoms with E-state index in [0.717, 1.165) is 10.9 Å². The van der Waals surface area contributed by atoms with Crippen LogP contribution in [-0.2, 0) is 6.42 Å². The summed E-state index contributed by atoms with van der Waals surface area (Å²) in [5.74, 6) is 0. The Labute approximate surface area is 94.5 Å². The van der Waals surface area contributed by atoms with E-state index in [1.165, 1.54) is 36.1 Å². The number of rotatable bonds is 3. The average molecular weight is 230 g/mol. The maximum Gasteiger partial charge on any atom is 0.0934 e. The molecule has 2 rings (SSSR count). The molecule has 1 heterocycles. The molecule has 0 spiro atoms. The molecule has 0 aliphatic heterocycles. The number of fused-ring (bicyclic) bond motifs is 1. The summed E-state index contributed by atoms with van der Waals surface area (Å²) in [7, 11) is 0. The molecule has 1 atom stereocenters. The van der Waals surface area contributed by atoms with Gasteiger partial charge in [-0.15, -0.1) is 11.3 Å². The minimum Gasteiger partial charge on any atom is -0.310 e. The number of halogens is 1. The number of nitrogens with one attached hydrogen (secondary N) is 1. The minimum atomic E-state index is 0.558. The largest absolute Gasteiger partial charge is 0.310 e. The quantitative estimate of drug-likeness (QED) is 0.832. The number of thiophene rings is 1. The molecule has 1 aromatic heterocycles. The van der Waals surface area contributed by atoms with Crippen molar-refractivity contribution in [1.29, 1.82) is 0 Å². The highest BCUT2D eigenvalue weighted by Crippen LogP contribution is 2.37. The van der Waals surface area contributed by atoms with Crippen LogP contribution in [0.15, 0.2) is 6.07 Å². The van der Waals surface area contributed by atoms with Gasteiger partial charge in [0.15, 0.2) is 0 Å². The van der Waals surface area contributed by atoms with Crippen molar-refractivity contribution >= 4 is 22.9 Å². The van der Waals surface area contributed by atoms with Crippen LogP contribution in [0.25, 0.3) is 0 Å². The first-order valence-electron chi connectivity index (χ1n) is 5.32. The second-order valence-corrected chi connectivity index (χ2v) is 5.60. The van der Waals surface area contributed by atoms with E-state index in [1.807, 2.05) is 0 Å². The zero-order valence-corrected chi connectivity index (χ0v) is 10.0. The molecular weight excluding hydrogens is 214 g/mol. The number of hydrogen-bond donors (Lipinski definition) is 1. The van der Waals surface area contributed by atoms with Crippen LogP contribution in [0.2, 0.25) is 4.34 Å². The maximum absolute atomic E-state index is 6.04. The van der Waals surface area contributed by atoms with Crippen molar-refractivity contribution in [3.05, 3.63) is 20.8 Å². The van der Waals surface area contributed by atoms with E-state index in [2.05, 4.69) is 18.3 Å². The minimum absolute atomic E-state index is 0.558. The SMILES string of the molecule is CCCNC1CCCc2sc(Cl)cc21. The molecule has 0 saturated heterocycles. The van der Waals surface area contributed by atoms with Gasteiger partial charge in [0.2, 0.25) is 0 Å². The first kappa shape index (κ1) is 10.5. The third-order valence-electron chi connectivity index (χ3n) is 2.72. The number of hydrogen-bond acceptors (Lipinski definition) is 2. The molecule has 0 amide bonds. The molecule has 1 nitrogen and oxygen atoms in total. The van der Waals surface area contributed by atoms with Crippen LogP contribution in [0.5, 0.6) is 0 Å². The van der Waals surface area contributed by atoms with Crippen LogP contribution in [0.1, 0.15) is 42.7 Å². The molecule has 1 aliphatic carbocycles. The van der Waals surface area contributed by atoms with Gasteiger partial charge in [0.25, 0.3) is 0 Å². The van der Waals surface area contributed by atoms with E-state index in [0.29, 0.717) is 6.04 Å². The molecular formula is C11H16ClNS. The van der Waals surface area contributed by atoms with Crippen molar-refractivity contribution in [2.24, 2.45) is 0 Å². The Morgan fingerprint density at radius 3 is 3.29 bits per heavy atom. The molecule has 0 radical (unpaired) electrons. The van der Waals surface area contributed by atoms with E-state index in [4.69, 9.17) is 11.6 Å². The third kappa shape index (κ3) is 2.13. The first-order chi connectivity index (χ1) is 6.81. The van der Waals surface area contributed by atoms with E-state index in [9.17, 15) is 0 Å². The molecule has 14 heavy (non-hydrogen) atoms. The van der Waals surface area contributed by atoms with Crippen LogP contribution in [0, 0.1) is 0 Å². The van der Waals surface area contributed by atoms with Gasteiger partial charge in [0.1, 0.15) is 0 Å². The highest BCUT2D eigenvalue weighted by molar-refractivity contribution is 7.16. The molecule has 3 heteroatoms. The van der Waals surface area contributed by atoms with E-state index in [-0.39, 0.29) is 0 Å². The van der Waals surface area contributed by atoms with Crippen LogP contribution in [0.3, 0.4) is 0 Å². The van der Waals surface area contributed by atoms with Gasteiger partial charge in [0, 0.05) is 10.9 Å². The van der Waals surface area contributed by atoms with Gasteiger partial charge >= 0.3 is 0 Å². The second kappa shape index (κ2) is 4.65. The Hall–Kier alpha value is -0.0500. The predicted molar refractivity (Wildman–Crippen MR) is 63.3 cm³/mol. The summed E-state index contributed by atoms with van der Waals surface area (Å²) in [6.07, 6.45) is 4.98. The summed E-state index contributed by atoms with van der Waals surface area (Å²) >= 11 is 7.79. The highest BCUT2D eigenvalue weighted by Gasteiger charge is 2.21. The zero-order chi connectivity index (χ0) is 9.97. The van der Waals surface area contributed by atoms with Gasteiger partial charge in [-0.05, 0) is 43.9 Å². The van der Waals surface area contributed by atoms with Crippen LogP contribution in [0.4, 0.5) is 0 Å². The predicted octanol–water partition coefficient (Wildman–Crippen LogP) is 3.78. The summed E-state index contributed by atoms with van der Waals surface area (Å²) in [5.41, 5.74) is 1.46. The molecule has 1 aromatic rings. The fourth-order valence-corrected chi connectivity index (χ4v) is 3.44. The zero-order valence-electron chi connectivity index (χ0n) is 8.48. The van der Waals surface area contributed by atoms with Gasteiger partial charge in [-0.3, -0.25) is 0 Å². The van der Waals surface area contributed by atoms with Gasteiger partial charge in [-0.1, -0.05) is 18.5 Å². The Kier molecular flexibility index (Phi) is 3.47. The molecule has 0 aromatic carbocycles. The lowest BCUT2D eigenvalue weighted by Crippen LogP contribution is -2.24. The first-order valence-corrected chi connectivity index (χ1v) is 6.52. The van der Waals surface area contributed by atoms with E-state index in [1.54, 1.807) is 11.3 Å². The maximum atomic E-state index is 6.04. The lowest BCUT2D eigenvalue weighted by atomic mass is 9.94. The lowest BCUT2D eigenvalue weighted by molar-refractivity contribution is 0.464. The topological polar surface area (TPSA) is 12.0 Å². The smallest absolute Gasteiger partial charge is 0.0934 e. The molecule has 78 valence electrons. The van der Waals surface area contributed by atoms with Crippen molar-refractivity contribution in [3.8, 4) is 0 Å². The van der Waals surface area contributed by atoms with Gasteiger partial charge in [-0.25, -0.2) is 0 Å². The molecule has 0 fully saturated rings. The van der Waals surface area contributed by atoms with E-state index >= 15 is 0 Å². The van der Waals surface area contributed by atoms with Gasteiger partial charge in [0.05, 0.1) is 4.34 Å². The van der Waals surface area contributed by atoms with Crippen molar-refractivity contribution < 1.29 is 0 Å². The molecule has 0 bridgehead atoms. The Bertz CT molecular complexity index is 308. The Balaban J connectivity index is 2.13. The summed E-state index contributed by atoms with van der Waals surface area (Å²) < 4.78 is 0.945. The standard InChI is InChI=1S/C11H16ClNS/c1-2-6-13-9-4-3-5-10-8(9)7-11(12)14-10/h7,9,13H,2-6H2,1H3. The monoisotopic (exact) mass is 229 g/mol. The summed E-state index contributed by atoms with van der Waals surface area (Å²) in [6.45, 7) is 3.31. The lowest BCUT2D eigenvalue weighted by Gasteiger charge is -2.23. The molecule has 1 unspecified atom stereocenters. The average Bonchev–Trinajstić information content (AvgIpc) is 2.55. The second-order valence-electron chi connectivity index (χ2n) is 3.83. The van der Waals surface area contributed by atoms with Crippen LogP contribution >= 0.6 is 22.9 Å². The van der Waals surface area contributed by atoms with Crippen molar-refractivity contribution in [2.75, 3.05) is 6.54 Å². The molecule has 1 N–H and O–H groups in total. The van der Waals surface area contributed by atoms with E-state index < -0.39 is 0 Å².